The summed E-state index contributed by atoms with van der Waals surface area (Å²) in [7, 11) is 3.43. The number of H-pyrrole nitrogens is 1. The topological polar surface area (TPSA) is 97.0 Å². The number of amides is 1. The van der Waals surface area contributed by atoms with Gasteiger partial charge in [-0.1, -0.05) is 0 Å². The van der Waals surface area contributed by atoms with Crippen LogP contribution in [0.2, 0.25) is 0 Å². The number of likely N-dealkylation sites (N-methyl/N-ethyl adjacent to an activating group) is 1. The minimum atomic E-state index is -1.40. The number of halogens is 1. The molecule has 1 aromatic heterocycles. The molecule has 0 bridgehead atoms. The first-order valence-corrected chi connectivity index (χ1v) is 8.08. The van der Waals surface area contributed by atoms with Crippen LogP contribution in [0.4, 0.5) is 15.8 Å². The van der Waals surface area contributed by atoms with Gasteiger partial charge in [-0.3, -0.25) is 9.59 Å². The molecule has 2 heterocycles. The van der Waals surface area contributed by atoms with Gasteiger partial charge in [-0.15, -0.1) is 0 Å². The van der Waals surface area contributed by atoms with Crippen LogP contribution in [0.5, 0.6) is 0 Å². The minimum absolute atomic E-state index is 0.107. The average Bonchev–Trinajstić information content (AvgIpc) is 2.61. The zero-order valence-electron chi connectivity index (χ0n) is 14.5. The molecule has 1 aromatic carbocycles. The number of piperazine rings is 1. The van der Waals surface area contributed by atoms with Crippen LogP contribution in [0.15, 0.2) is 17.1 Å². The van der Waals surface area contributed by atoms with E-state index in [9.17, 15) is 18.8 Å². The molecule has 0 spiro atoms. The number of nitrogens with zero attached hydrogens (tertiary/aromatic N) is 3. The van der Waals surface area contributed by atoms with Crippen molar-refractivity contribution in [1.29, 1.82) is 0 Å². The van der Waals surface area contributed by atoms with Gasteiger partial charge in [-0.05, 0) is 13.1 Å². The van der Waals surface area contributed by atoms with E-state index in [0.717, 1.165) is 25.4 Å². The Labute approximate surface area is 148 Å². The lowest BCUT2D eigenvalue weighted by molar-refractivity contribution is -0.107. The van der Waals surface area contributed by atoms with Gasteiger partial charge >= 0.3 is 5.97 Å². The first-order chi connectivity index (χ1) is 12.3. The zero-order chi connectivity index (χ0) is 19.0. The first kappa shape index (κ1) is 17.9. The fourth-order valence-corrected chi connectivity index (χ4v) is 3.19. The van der Waals surface area contributed by atoms with Crippen molar-refractivity contribution in [3.8, 4) is 0 Å². The lowest BCUT2D eigenvalue weighted by Gasteiger charge is -2.36. The number of nitrogens with one attached hydrogen (secondary N) is 1. The van der Waals surface area contributed by atoms with Crippen LogP contribution in [0, 0.1) is 5.82 Å². The molecule has 2 aromatic rings. The molecule has 1 aliphatic rings. The van der Waals surface area contributed by atoms with Gasteiger partial charge in [0, 0.05) is 39.4 Å². The number of aromatic nitrogens is 1. The maximum Gasteiger partial charge on any atom is 0.341 e. The molecule has 1 amide bonds. The highest BCUT2D eigenvalue weighted by molar-refractivity contribution is 6.04. The number of hydrogen-bond acceptors (Lipinski definition) is 5. The first-order valence-electron chi connectivity index (χ1n) is 8.08. The van der Waals surface area contributed by atoms with E-state index in [2.05, 4.69) is 9.88 Å². The fraction of sp³-hybridized carbons (Fsp3) is 0.353. The standard InChI is InChI=1S/C17H19FN4O4/c1-20-3-5-22(6-4-20)14-12(18)7-10-13(15(14)21(2)9-23)19-8-11(16(10)24)17(25)26/h7-9H,3-6H2,1-2H3,(H,19,24)(H,25,26). The van der Waals surface area contributed by atoms with E-state index in [1.807, 2.05) is 11.9 Å². The van der Waals surface area contributed by atoms with Gasteiger partial charge in [0.1, 0.15) is 11.4 Å². The van der Waals surface area contributed by atoms with Gasteiger partial charge in [-0.2, -0.15) is 0 Å². The lowest BCUT2D eigenvalue weighted by Crippen LogP contribution is -2.45. The van der Waals surface area contributed by atoms with Crippen molar-refractivity contribution in [1.82, 2.24) is 9.88 Å². The van der Waals surface area contributed by atoms with Crippen molar-refractivity contribution in [3.05, 3.63) is 33.9 Å². The van der Waals surface area contributed by atoms with E-state index in [4.69, 9.17) is 5.11 Å². The van der Waals surface area contributed by atoms with Crippen LogP contribution in [-0.4, -0.2) is 67.6 Å². The summed E-state index contributed by atoms with van der Waals surface area (Å²) in [4.78, 5) is 42.9. The number of benzene rings is 1. The summed E-state index contributed by atoms with van der Waals surface area (Å²) in [6, 6.07) is 1.04. The number of carboxylic acids is 1. The third-order valence-electron chi connectivity index (χ3n) is 4.64. The molecule has 0 aliphatic carbocycles. The van der Waals surface area contributed by atoms with Gasteiger partial charge in [0.15, 0.2) is 0 Å². The summed E-state index contributed by atoms with van der Waals surface area (Å²) < 4.78 is 15.0. The molecular formula is C17H19FN4O4. The summed E-state index contributed by atoms with van der Waals surface area (Å²) in [6.07, 6.45) is 1.60. The fourth-order valence-electron chi connectivity index (χ4n) is 3.19. The largest absolute Gasteiger partial charge is 0.477 e. The number of carbonyl (C=O) groups is 2. The molecule has 3 rings (SSSR count). The molecule has 8 nitrogen and oxygen atoms in total. The second-order valence-electron chi connectivity index (χ2n) is 6.32. The molecule has 1 aliphatic heterocycles. The Morgan fingerprint density at radius 1 is 1.35 bits per heavy atom. The van der Waals surface area contributed by atoms with Crippen molar-refractivity contribution in [2.45, 2.75) is 0 Å². The third-order valence-corrected chi connectivity index (χ3v) is 4.64. The van der Waals surface area contributed by atoms with E-state index < -0.39 is 22.8 Å². The Kier molecular flexibility index (Phi) is 4.64. The van der Waals surface area contributed by atoms with Crippen LogP contribution in [0.3, 0.4) is 0 Å². The Morgan fingerprint density at radius 3 is 2.58 bits per heavy atom. The Balaban J connectivity index is 2.30. The number of aromatic carboxylic acids is 1. The normalized spacial score (nSPS) is 15.3. The minimum Gasteiger partial charge on any atom is -0.477 e. The van der Waals surface area contributed by atoms with Crippen LogP contribution in [0.1, 0.15) is 10.4 Å². The van der Waals surface area contributed by atoms with E-state index >= 15 is 0 Å². The molecule has 0 radical (unpaired) electrons. The van der Waals surface area contributed by atoms with Crippen LogP contribution in [0.25, 0.3) is 10.9 Å². The summed E-state index contributed by atoms with van der Waals surface area (Å²) in [5.41, 5.74) is -0.614. The molecule has 9 heteroatoms. The van der Waals surface area contributed by atoms with Crippen molar-refractivity contribution in [3.63, 3.8) is 0 Å². The molecule has 138 valence electrons. The number of hydrogen-bond donors (Lipinski definition) is 2. The van der Waals surface area contributed by atoms with Crippen molar-refractivity contribution >= 4 is 34.7 Å². The van der Waals surface area contributed by atoms with Gasteiger partial charge in [0.2, 0.25) is 11.8 Å². The van der Waals surface area contributed by atoms with Gasteiger partial charge in [0.25, 0.3) is 0 Å². The van der Waals surface area contributed by atoms with E-state index in [0.29, 0.717) is 19.5 Å². The van der Waals surface area contributed by atoms with Gasteiger partial charge in [-0.25, -0.2) is 9.18 Å². The van der Waals surface area contributed by atoms with Gasteiger partial charge in [0.05, 0.1) is 22.3 Å². The van der Waals surface area contributed by atoms with Gasteiger partial charge < -0.3 is 24.8 Å². The van der Waals surface area contributed by atoms with Crippen molar-refractivity contribution in [2.24, 2.45) is 0 Å². The number of fused-ring (bicyclic) bond motifs is 1. The predicted octanol–water partition coefficient (Wildman–Crippen LogP) is 0.710. The number of aromatic amines is 1. The lowest BCUT2D eigenvalue weighted by atomic mass is 10.1. The highest BCUT2D eigenvalue weighted by atomic mass is 19.1. The summed E-state index contributed by atoms with van der Waals surface area (Å²) >= 11 is 0. The molecule has 1 fully saturated rings. The Hall–Kier alpha value is -2.94. The second-order valence-corrected chi connectivity index (χ2v) is 6.32. The highest BCUT2D eigenvalue weighted by Gasteiger charge is 2.26. The zero-order valence-corrected chi connectivity index (χ0v) is 14.5. The number of anilines is 2. The highest BCUT2D eigenvalue weighted by Crippen LogP contribution is 2.37. The monoisotopic (exact) mass is 362 g/mol. The maximum atomic E-state index is 15.0. The van der Waals surface area contributed by atoms with E-state index in [-0.39, 0.29) is 22.3 Å². The number of pyridine rings is 1. The third kappa shape index (κ3) is 2.90. The second kappa shape index (κ2) is 6.75. The molecule has 2 N–H and O–H groups in total. The molecule has 0 saturated carbocycles. The quantitative estimate of drug-likeness (QED) is 0.778. The Bertz CT molecular complexity index is 934. The molecular weight excluding hydrogens is 343 g/mol. The van der Waals surface area contributed by atoms with E-state index in [1.54, 1.807) is 0 Å². The van der Waals surface area contributed by atoms with Crippen LogP contribution in [-0.2, 0) is 4.79 Å². The number of carboxylic acid groups (broad SMARTS) is 1. The summed E-state index contributed by atoms with van der Waals surface area (Å²) in [6.45, 7) is 2.60. The average molecular weight is 362 g/mol. The molecule has 26 heavy (non-hydrogen) atoms. The summed E-state index contributed by atoms with van der Waals surface area (Å²) in [5, 5.41) is 9.00. The SMILES string of the molecule is CN1CCN(c2c(F)cc3c(=O)c(C(=O)O)c[nH]c3c2N(C)C=O)CC1. The van der Waals surface area contributed by atoms with Crippen molar-refractivity contribution < 1.29 is 19.1 Å². The smallest absolute Gasteiger partial charge is 0.341 e. The summed E-state index contributed by atoms with van der Waals surface area (Å²) in [5.74, 6) is -2.07. The van der Waals surface area contributed by atoms with Crippen LogP contribution < -0.4 is 15.2 Å². The number of carbonyl (C=O) groups excluding carboxylic acids is 1. The van der Waals surface area contributed by atoms with Crippen LogP contribution >= 0.6 is 0 Å². The van der Waals surface area contributed by atoms with E-state index in [1.165, 1.54) is 11.9 Å². The maximum absolute atomic E-state index is 15.0. The molecule has 1 saturated heterocycles. The molecule has 0 unspecified atom stereocenters. The predicted molar refractivity (Wildman–Crippen MR) is 95.7 cm³/mol. The molecule has 0 atom stereocenters. The Morgan fingerprint density at radius 2 is 2.00 bits per heavy atom. The van der Waals surface area contributed by atoms with Crippen molar-refractivity contribution in [2.75, 3.05) is 50.1 Å². The number of rotatable bonds is 4.